The fourth-order valence-corrected chi connectivity index (χ4v) is 4.38. The van der Waals surface area contributed by atoms with Gasteiger partial charge in [-0.15, -0.1) is 0 Å². The number of nitrogens with zero attached hydrogens (tertiary/aromatic N) is 1. The van der Waals surface area contributed by atoms with E-state index in [9.17, 15) is 4.79 Å². The van der Waals surface area contributed by atoms with E-state index in [0.29, 0.717) is 24.7 Å². The van der Waals surface area contributed by atoms with Crippen LogP contribution in [0, 0.1) is 27.7 Å². The van der Waals surface area contributed by atoms with Gasteiger partial charge in [0.15, 0.2) is 6.10 Å². The Kier molecular flexibility index (Phi) is 6.14. The third kappa shape index (κ3) is 4.77. The second-order valence-corrected chi connectivity index (χ2v) is 9.24. The third-order valence-electron chi connectivity index (χ3n) is 6.42. The summed E-state index contributed by atoms with van der Waals surface area (Å²) in [5.74, 6) is 1.69. The lowest BCUT2D eigenvalue weighted by Gasteiger charge is -2.14. The predicted octanol–water partition coefficient (Wildman–Crippen LogP) is 5.98. The van der Waals surface area contributed by atoms with E-state index in [-0.39, 0.29) is 12.0 Å². The topological polar surface area (TPSA) is 85.5 Å². The van der Waals surface area contributed by atoms with Crippen LogP contribution in [0.3, 0.4) is 0 Å². The summed E-state index contributed by atoms with van der Waals surface area (Å²) >= 11 is 0. The monoisotopic (exact) mass is 483 g/mol. The Morgan fingerprint density at radius 3 is 2.53 bits per heavy atom. The van der Waals surface area contributed by atoms with Gasteiger partial charge in [-0.2, -0.15) is 0 Å². The number of H-pyrrole nitrogens is 1. The van der Waals surface area contributed by atoms with Gasteiger partial charge in [-0.1, -0.05) is 6.07 Å². The Bertz CT molecular complexity index is 1460. The average Bonchev–Trinajstić information content (AvgIpc) is 3.44. The highest BCUT2D eigenvalue weighted by Gasteiger charge is 2.21. The Morgan fingerprint density at radius 2 is 1.83 bits per heavy atom. The van der Waals surface area contributed by atoms with Crippen LogP contribution >= 0.6 is 0 Å². The summed E-state index contributed by atoms with van der Waals surface area (Å²) in [6.45, 7) is 12.6. The van der Waals surface area contributed by atoms with Crippen LogP contribution in [0.5, 0.6) is 5.75 Å². The highest BCUT2D eigenvalue weighted by atomic mass is 16.7. The number of aryl methyl sites for hydroxylation is 4. The molecule has 1 aliphatic heterocycles. The highest BCUT2D eigenvalue weighted by molar-refractivity contribution is 6.06. The lowest BCUT2D eigenvalue weighted by molar-refractivity contribution is 0.102. The third-order valence-corrected chi connectivity index (χ3v) is 6.42. The molecule has 0 unspecified atom stereocenters. The molecular formula is C29H29N3O4. The maximum atomic E-state index is 12.9. The van der Waals surface area contributed by atoms with E-state index in [1.54, 1.807) is 6.07 Å². The minimum atomic E-state index is -0.162. The normalized spacial score (nSPS) is 15.0. The molecule has 0 bridgehead atoms. The molecule has 7 nitrogen and oxygen atoms in total. The maximum Gasteiger partial charge on any atom is 0.272 e. The summed E-state index contributed by atoms with van der Waals surface area (Å²) in [4.78, 5) is 21.0. The SMILES string of the molecule is C=C1OC[C@@H](COc2cc(C)c(-c3nc4ccc(C(=O)Nc5ccc(C)c(C)c5)cc4[nH]3)c(C)c2)O1. The van der Waals surface area contributed by atoms with Crippen LogP contribution in [0.1, 0.15) is 32.6 Å². The first-order valence-corrected chi connectivity index (χ1v) is 11.9. The van der Waals surface area contributed by atoms with Crippen molar-refractivity contribution in [3.8, 4) is 17.1 Å². The van der Waals surface area contributed by atoms with E-state index in [1.807, 2.05) is 70.2 Å². The smallest absolute Gasteiger partial charge is 0.272 e. The number of rotatable bonds is 6. The van der Waals surface area contributed by atoms with Gasteiger partial charge in [-0.05, 0) is 99.0 Å². The predicted molar refractivity (Wildman–Crippen MR) is 140 cm³/mol. The van der Waals surface area contributed by atoms with Gasteiger partial charge < -0.3 is 24.5 Å². The highest BCUT2D eigenvalue weighted by Crippen LogP contribution is 2.31. The Hall–Kier alpha value is -4.26. The summed E-state index contributed by atoms with van der Waals surface area (Å²) < 4.78 is 16.6. The summed E-state index contributed by atoms with van der Waals surface area (Å²) in [6, 6.07) is 15.4. The maximum absolute atomic E-state index is 12.9. The number of benzene rings is 3. The molecule has 0 spiro atoms. The molecule has 0 radical (unpaired) electrons. The lowest BCUT2D eigenvalue weighted by Crippen LogP contribution is -2.19. The largest absolute Gasteiger partial charge is 0.490 e. The molecule has 1 fully saturated rings. The van der Waals surface area contributed by atoms with Crippen LogP contribution in [0.2, 0.25) is 0 Å². The van der Waals surface area contributed by atoms with E-state index >= 15 is 0 Å². The van der Waals surface area contributed by atoms with E-state index in [2.05, 4.69) is 16.9 Å². The minimum Gasteiger partial charge on any atom is -0.490 e. The van der Waals surface area contributed by atoms with Crippen molar-refractivity contribution in [1.82, 2.24) is 9.97 Å². The number of fused-ring (bicyclic) bond motifs is 1. The number of imidazole rings is 1. The quantitative estimate of drug-likeness (QED) is 0.352. The zero-order valence-electron chi connectivity index (χ0n) is 20.9. The van der Waals surface area contributed by atoms with Gasteiger partial charge in [-0.25, -0.2) is 4.98 Å². The van der Waals surface area contributed by atoms with E-state index in [0.717, 1.165) is 50.5 Å². The summed E-state index contributed by atoms with van der Waals surface area (Å²) in [5.41, 5.74) is 8.33. The van der Waals surface area contributed by atoms with Crippen LogP contribution in [-0.2, 0) is 9.47 Å². The molecule has 1 aliphatic rings. The van der Waals surface area contributed by atoms with E-state index in [1.165, 1.54) is 5.56 Å². The molecule has 7 heteroatoms. The molecule has 1 atom stereocenters. The molecule has 3 aromatic carbocycles. The first-order chi connectivity index (χ1) is 17.3. The fourth-order valence-electron chi connectivity index (χ4n) is 4.38. The van der Waals surface area contributed by atoms with Crippen molar-refractivity contribution in [3.63, 3.8) is 0 Å². The van der Waals surface area contributed by atoms with Gasteiger partial charge in [-0.3, -0.25) is 4.79 Å². The van der Waals surface area contributed by atoms with Crippen molar-refractivity contribution < 1.29 is 19.0 Å². The summed E-state index contributed by atoms with van der Waals surface area (Å²) in [7, 11) is 0. The Balaban J connectivity index is 1.35. The number of carbonyl (C=O) groups is 1. The number of hydrogen-bond acceptors (Lipinski definition) is 5. The first-order valence-electron chi connectivity index (χ1n) is 11.9. The average molecular weight is 484 g/mol. The number of hydrogen-bond donors (Lipinski definition) is 2. The van der Waals surface area contributed by atoms with Crippen molar-refractivity contribution in [1.29, 1.82) is 0 Å². The standard InChI is InChI=1S/C29H29N3O4/c1-16-6-8-22(10-17(16)2)30-29(33)21-7-9-25-26(13-21)32-28(31-25)27-18(3)11-23(12-19(27)4)35-15-24-14-34-20(5)36-24/h6-13,24H,5,14-15H2,1-4H3,(H,30,33)(H,31,32)/t24-/m0/s1. The van der Waals surface area contributed by atoms with Gasteiger partial charge >= 0.3 is 0 Å². The second kappa shape index (κ2) is 9.41. The van der Waals surface area contributed by atoms with Crippen molar-refractivity contribution in [2.45, 2.75) is 33.8 Å². The number of nitrogens with one attached hydrogen (secondary N) is 2. The summed E-state index contributed by atoms with van der Waals surface area (Å²) in [6.07, 6.45) is -0.158. The first kappa shape index (κ1) is 23.5. The molecule has 0 aliphatic carbocycles. The van der Waals surface area contributed by atoms with Crippen LogP contribution in [0.15, 0.2) is 61.1 Å². The van der Waals surface area contributed by atoms with Gasteiger partial charge in [0.25, 0.3) is 11.9 Å². The molecule has 4 aromatic rings. The number of aromatic amines is 1. The Labute approximate surface area is 210 Å². The summed E-state index contributed by atoms with van der Waals surface area (Å²) in [5, 5.41) is 2.98. The van der Waals surface area contributed by atoms with Crippen molar-refractivity contribution in [2.24, 2.45) is 0 Å². The van der Waals surface area contributed by atoms with Gasteiger partial charge in [0.1, 0.15) is 24.8 Å². The van der Waals surface area contributed by atoms with Gasteiger partial charge in [0, 0.05) is 16.8 Å². The molecule has 1 saturated heterocycles. The van der Waals surface area contributed by atoms with Crippen LogP contribution < -0.4 is 10.1 Å². The van der Waals surface area contributed by atoms with Crippen molar-refractivity contribution in [3.05, 3.63) is 88.9 Å². The number of amides is 1. The number of ether oxygens (including phenoxy) is 3. The Morgan fingerprint density at radius 1 is 1.06 bits per heavy atom. The fraction of sp³-hybridized carbons (Fsp3) is 0.241. The van der Waals surface area contributed by atoms with Gasteiger partial charge in [0.2, 0.25) is 0 Å². The van der Waals surface area contributed by atoms with Crippen LogP contribution in [0.25, 0.3) is 22.4 Å². The molecule has 5 rings (SSSR count). The molecule has 0 saturated carbocycles. The number of anilines is 1. The van der Waals surface area contributed by atoms with Crippen LogP contribution in [-0.4, -0.2) is 35.2 Å². The minimum absolute atomic E-state index is 0.158. The molecule has 1 amide bonds. The molecule has 36 heavy (non-hydrogen) atoms. The zero-order chi connectivity index (χ0) is 25.4. The molecule has 2 N–H and O–H groups in total. The van der Waals surface area contributed by atoms with Gasteiger partial charge in [0.05, 0.1) is 11.0 Å². The van der Waals surface area contributed by atoms with Crippen molar-refractivity contribution in [2.75, 3.05) is 18.5 Å². The molecular weight excluding hydrogens is 454 g/mol. The van der Waals surface area contributed by atoms with Crippen molar-refractivity contribution >= 4 is 22.6 Å². The number of carbonyl (C=O) groups excluding carboxylic acids is 1. The molecule has 184 valence electrons. The van der Waals surface area contributed by atoms with E-state index < -0.39 is 0 Å². The lowest BCUT2D eigenvalue weighted by atomic mass is 10.0. The van der Waals surface area contributed by atoms with Crippen LogP contribution in [0.4, 0.5) is 5.69 Å². The molecule has 1 aromatic heterocycles. The number of aromatic nitrogens is 2. The second-order valence-electron chi connectivity index (χ2n) is 9.24. The molecule has 2 heterocycles. The van der Waals surface area contributed by atoms with E-state index in [4.69, 9.17) is 19.2 Å². The zero-order valence-corrected chi connectivity index (χ0v) is 20.9.